The molecule has 10 nitrogen and oxygen atoms in total. The van der Waals surface area contributed by atoms with E-state index in [1.807, 2.05) is 6.07 Å². The second kappa shape index (κ2) is 14.9. The normalized spacial score (nSPS) is 12.5. The Balaban J connectivity index is 0.000000391. The predicted molar refractivity (Wildman–Crippen MR) is 152 cm³/mol. The molecule has 2 rings (SSSR count). The van der Waals surface area contributed by atoms with Crippen LogP contribution in [0.5, 0.6) is 0 Å². The van der Waals surface area contributed by atoms with Gasteiger partial charge in [-0.05, 0) is 76.9 Å². The van der Waals surface area contributed by atoms with E-state index < -0.39 is 47.4 Å². The van der Waals surface area contributed by atoms with Crippen molar-refractivity contribution in [3.05, 3.63) is 68.6 Å². The largest absolute Gasteiger partial charge is 0.479 e. The van der Waals surface area contributed by atoms with Crippen LogP contribution in [0, 0.1) is 0 Å². The van der Waals surface area contributed by atoms with Gasteiger partial charge in [-0.3, -0.25) is 0 Å². The van der Waals surface area contributed by atoms with Crippen LogP contribution in [0.4, 0.5) is 9.59 Å². The summed E-state index contributed by atoms with van der Waals surface area (Å²) in [5.41, 5.74) is -0.239. The number of amides is 2. The van der Waals surface area contributed by atoms with Crippen LogP contribution in [0.25, 0.3) is 0 Å². The molecule has 3 N–H and O–H groups in total. The molecule has 39 heavy (non-hydrogen) atoms. The highest BCUT2D eigenvalue weighted by atomic mass is 79.9. The molecule has 2 unspecified atom stereocenters. The predicted octanol–water partition coefficient (Wildman–Crippen LogP) is 6.29. The number of alkyl carbamates (subject to hydrolysis) is 2. The molecule has 0 saturated carbocycles. The number of carboxylic acids is 1. The SMILES string of the molecule is CC(C)(C)OC(=O)NC(C(=O)O)c1cccc(Br)c1.COC(=O)C(NC(=O)OC(C)(C)C)c1cccc(Br)c1. The fourth-order valence-corrected chi connectivity index (χ4v) is 3.74. The van der Waals surface area contributed by atoms with E-state index in [0.29, 0.717) is 11.1 Å². The topological polar surface area (TPSA) is 140 Å². The number of aliphatic carboxylic acids is 1. The third-order valence-corrected chi connectivity index (χ3v) is 5.36. The summed E-state index contributed by atoms with van der Waals surface area (Å²) in [7, 11) is 1.27. The van der Waals surface area contributed by atoms with Crippen molar-refractivity contribution in [1.82, 2.24) is 10.6 Å². The Morgan fingerprint density at radius 2 is 1.13 bits per heavy atom. The minimum absolute atomic E-state index is 0.465. The van der Waals surface area contributed by atoms with Crippen molar-refractivity contribution >= 4 is 56.0 Å². The molecule has 0 fully saturated rings. The number of hydrogen-bond acceptors (Lipinski definition) is 7. The summed E-state index contributed by atoms with van der Waals surface area (Å²) in [6, 6.07) is 11.7. The zero-order valence-electron chi connectivity index (χ0n) is 22.8. The Hall–Kier alpha value is -3.12. The first kappa shape index (κ1) is 33.9. The summed E-state index contributed by atoms with van der Waals surface area (Å²) in [6.07, 6.45) is -1.44. The number of carboxylic acid groups (broad SMARTS) is 1. The molecule has 0 aliphatic carbocycles. The zero-order valence-corrected chi connectivity index (χ0v) is 26.0. The maximum Gasteiger partial charge on any atom is 0.408 e. The van der Waals surface area contributed by atoms with Crippen molar-refractivity contribution in [2.45, 2.75) is 64.8 Å². The molecule has 0 heterocycles. The van der Waals surface area contributed by atoms with Crippen LogP contribution in [0.3, 0.4) is 0 Å². The van der Waals surface area contributed by atoms with E-state index in [1.165, 1.54) is 7.11 Å². The van der Waals surface area contributed by atoms with Gasteiger partial charge in [0, 0.05) is 8.95 Å². The third kappa shape index (κ3) is 13.5. The molecular formula is C27H34Br2N2O8. The monoisotopic (exact) mass is 672 g/mol. The standard InChI is InChI=1S/C14H18BrNO4.C13H16BrNO4/c1-14(2,3)20-13(18)16-11(12(17)19-4)9-6-5-7-10(15)8-9;1-13(2,3)19-12(18)15-10(11(16)17)8-5-4-6-9(14)7-8/h5-8,11H,1-4H3,(H,16,18);4-7,10H,1-3H3,(H,15,18)(H,16,17). The highest BCUT2D eigenvalue weighted by Crippen LogP contribution is 2.21. The highest BCUT2D eigenvalue weighted by molar-refractivity contribution is 9.10. The Morgan fingerprint density at radius 3 is 1.46 bits per heavy atom. The molecule has 0 aliphatic heterocycles. The average molecular weight is 674 g/mol. The molecule has 0 bridgehead atoms. The summed E-state index contributed by atoms with van der Waals surface area (Å²) in [6.45, 7) is 10.4. The smallest absolute Gasteiger partial charge is 0.408 e. The van der Waals surface area contributed by atoms with E-state index in [2.05, 4.69) is 42.5 Å². The fraction of sp³-hybridized carbons (Fsp3) is 0.407. The fourth-order valence-electron chi connectivity index (χ4n) is 2.91. The molecule has 214 valence electrons. The molecule has 2 atom stereocenters. The van der Waals surface area contributed by atoms with Gasteiger partial charge in [0.15, 0.2) is 12.1 Å². The third-order valence-electron chi connectivity index (χ3n) is 4.37. The molecule has 0 aliphatic rings. The van der Waals surface area contributed by atoms with Crippen LogP contribution in [0.15, 0.2) is 57.5 Å². The molecule has 2 aromatic carbocycles. The van der Waals surface area contributed by atoms with Gasteiger partial charge in [-0.1, -0.05) is 56.1 Å². The maximum atomic E-state index is 11.8. The van der Waals surface area contributed by atoms with Crippen molar-refractivity contribution in [1.29, 1.82) is 0 Å². The number of halogens is 2. The van der Waals surface area contributed by atoms with Gasteiger partial charge < -0.3 is 30.0 Å². The first-order valence-electron chi connectivity index (χ1n) is 11.7. The number of rotatable bonds is 6. The van der Waals surface area contributed by atoms with Crippen molar-refractivity contribution in [2.24, 2.45) is 0 Å². The van der Waals surface area contributed by atoms with Crippen LogP contribution in [-0.2, 0) is 23.8 Å². The van der Waals surface area contributed by atoms with Gasteiger partial charge in [0.05, 0.1) is 7.11 Å². The van der Waals surface area contributed by atoms with Gasteiger partial charge in [-0.25, -0.2) is 19.2 Å². The van der Waals surface area contributed by atoms with Crippen LogP contribution in [0.1, 0.15) is 64.8 Å². The summed E-state index contributed by atoms with van der Waals surface area (Å²) in [5, 5.41) is 14.0. The van der Waals surface area contributed by atoms with Crippen LogP contribution < -0.4 is 10.6 Å². The number of esters is 1. The van der Waals surface area contributed by atoms with E-state index in [-0.39, 0.29) is 0 Å². The summed E-state index contributed by atoms with van der Waals surface area (Å²) in [4.78, 5) is 46.5. The van der Waals surface area contributed by atoms with Crippen LogP contribution in [-0.4, -0.2) is 47.5 Å². The van der Waals surface area contributed by atoms with Gasteiger partial charge in [-0.2, -0.15) is 0 Å². The van der Waals surface area contributed by atoms with Crippen molar-refractivity contribution in [2.75, 3.05) is 7.11 Å². The molecule has 0 spiro atoms. The molecule has 0 radical (unpaired) electrons. The van der Waals surface area contributed by atoms with E-state index in [4.69, 9.17) is 14.2 Å². The lowest BCUT2D eigenvalue weighted by Crippen LogP contribution is -2.38. The van der Waals surface area contributed by atoms with Crippen molar-refractivity contribution in [3.8, 4) is 0 Å². The Kier molecular flexibility index (Phi) is 12.9. The molecule has 12 heteroatoms. The van der Waals surface area contributed by atoms with Crippen LogP contribution in [0.2, 0.25) is 0 Å². The molecule has 0 saturated heterocycles. The molecule has 2 aromatic rings. The molecular weight excluding hydrogens is 640 g/mol. The van der Waals surface area contributed by atoms with Crippen LogP contribution >= 0.6 is 31.9 Å². The van der Waals surface area contributed by atoms with E-state index >= 15 is 0 Å². The Morgan fingerprint density at radius 1 is 0.744 bits per heavy atom. The number of carbonyl (C=O) groups is 4. The lowest BCUT2D eigenvalue weighted by molar-refractivity contribution is -0.143. The van der Waals surface area contributed by atoms with Gasteiger partial charge in [-0.15, -0.1) is 0 Å². The number of carbonyl (C=O) groups excluding carboxylic acids is 3. The maximum absolute atomic E-state index is 11.8. The Bertz CT molecular complexity index is 1160. The lowest BCUT2D eigenvalue weighted by atomic mass is 10.1. The number of benzene rings is 2. The summed E-state index contributed by atoms with van der Waals surface area (Å²) < 4.78 is 16.4. The Labute approximate surface area is 245 Å². The second-order valence-corrected chi connectivity index (χ2v) is 12.0. The van der Waals surface area contributed by atoms with Crippen molar-refractivity contribution < 1.29 is 38.5 Å². The van der Waals surface area contributed by atoms with Gasteiger partial charge in [0.1, 0.15) is 11.2 Å². The first-order chi connectivity index (χ1) is 17.9. The quantitative estimate of drug-likeness (QED) is 0.240. The summed E-state index contributed by atoms with van der Waals surface area (Å²) >= 11 is 6.58. The van der Waals surface area contributed by atoms with Gasteiger partial charge in [0.25, 0.3) is 0 Å². The highest BCUT2D eigenvalue weighted by Gasteiger charge is 2.27. The summed E-state index contributed by atoms with van der Waals surface area (Å²) in [5.74, 6) is -1.71. The minimum atomic E-state index is -1.15. The first-order valence-corrected chi connectivity index (χ1v) is 13.3. The number of nitrogens with one attached hydrogen (secondary N) is 2. The number of ether oxygens (including phenoxy) is 3. The zero-order chi connectivity index (χ0) is 30.0. The molecule has 0 aromatic heterocycles. The minimum Gasteiger partial charge on any atom is -0.479 e. The average Bonchev–Trinajstić information content (AvgIpc) is 2.78. The van der Waals surface area contributed by atoms with E-state index in [9.17, 15) is 24.3 Å². The second-order valence-electron chi connectivity index (χ2n) is 10.1. The van der Waals surface area contributed by atoms with Gasteiger partial charge >= 0.3 is 24.1 Å². The number of methoxy groups -OCH3 is 1. The number of hydrogen-bond donors (Lipinski definition) is 3. The van der Waals surface area contributed by atoms with E-state index in [1.54, 1.807) is 84.0 Å². The lowest BCUT2D eigenvalue weighted by Gasteiger charge is -2.22. The van der Waals surface area contributed by atoms with Crippen molar-refractivity contribution in [3.63, 3.8) is 0 Å². The van der Waals surface area contributed by atoms with Gasteiger partial charge in [0.2, 0.25) is 0 Å². The molecule has 2 amide bonds. The van der Waals surface area contributed by atoms with E-state index in [0.717, 1.165) is 8.95 Å².